The molecule has 4 heterocycles. The van der Waals surface area contributed by atoms with Crippen LogP contribution in [0.1, 0.15) is 34.2 Å². The van der Waals surface area contributed by atoms with Crippen LogP contribution >= 0.6 is 0 Å². The second-order valence-electron chi connectivity index (χ2n) is 7.54. The number of pyridine rings is 2. The second kappa shape index (κ2) is 8.71. The summed E-state index contributed by atoms with van der Waals surface area (Å²) in [5.41, 5.74) is 4.51. The minimum Gasteiger partial charge on any atom is -0.378 e. The number of rotatable bonds is 6. The van der Waals surface area contributed by atoms with Crippen molar-refractivity contribution in [1.82, 2.24) is 24.6 Å². The molecule has 0 bridgehead atoms. The first-order valence-corrected chi connectivity index (χ1v) is 10.1. The third kappa shape index (κ3) is 4.31. The fraction of sp³-hybridized carbons (Fsp3) is 0.409. The van der Waals surface area contributed by atoms with Gasteiger partial charge in [-0.2, -0.15) is 0 Å². The van der Waals surface area contributed by atoms with E-state index in [2.05, 4.69) is 23.3 Å². The van der Waals surface area contributed by atoms with Gasteiger partial charge in [-0.3, -0.25) is 9.78 Å². The van der Waals surface area contributed by atoms with Crippen LogP contribution in [0, 0.1) is 6.92 Å². The van der Waals surface area contributed by atoms with Crippen molar-refractivity contribution in [3.63, 3.8) is 0 Å². The SMILES string of the molecule is Cc1cccn2c(CNC(C)Cc3cccnc3)c(C(=O)N3CCOCC3)nc12. The molecule has 1 unspecified atom stereocenters. The van der Waals surface area contributed by atoms with Crippen molar-refractivity contribution in [3.8, 4) is 0 Å². The van der Waals surface area contributed by atoms with Crippen LogP contribution in [0.5, 0.6) is 0 Å². The Morgan fingerprint density at radius 3 is 2.86 bits per heavy atom. The van der Waals surface area contributed by atoms with Gasteiger partial charge in [-0.05, 0) is 43.5 Å². The molecule has 1 amide bonds. The molecule has 0 aromatic carbocycles. The third-order valence-electron chi connectivity index (χ3n) is 5.33. The number of carbonyl (C=O) groups is 1. The molecular formula is C22H27N5O2. The number of hydrogen-bond donors (Lipinski definition) is 1. The predicted octanol–water partition coefficient (Wildman–Crippen LogP) is 2.23. The molecule has 7 heteroatoms. The summed E-state index contributed by atoms with van der Waals surface area (Å²) in [7, 11) is 0. The maximum Gasteiger partial charge on any atom is 0.274 e. The van der Waals surface area contributed by atoms with Gasteiger partial charge in [0.2, 0.25) is 0 Å². The van der Waals surface area contributed by atoms with Crippen LogP contribution in [-0.2, 0) is 17.7 Å². The number of aromatic nitrogens is 3. The average molecular weight is 393 g/mol. The van der Waals surface area contributed by atoms with E-state index in [0.717, 1.165) is 23.3 Å². The number of ether oxygens (including phenoxy) is 1. The first kappa shape index (κ1) is 19.5. The van der Waals surface area contributed by atoms with Crippen molar-refractivity contribution in [3.05, 3.63) is 65.4 Å². The van der Waals surface area contributed by atoms with Crippen molar-refractivity contribution < 1.29 is 9.53 Å². The number of morpholine rings is 1. The van der Waals surface area contributed by atoms with E-state index in [0.29, 0.717) is 38.5 Å². The van der Waals surface area contributed by atoms with Crippen LogP contribution in [-0.4, -0.2) is 57.5 Å². The summed E-state index contributed by atoms with van der Waals surface area (Å²) in [6, 6.07) is 8.29. The van der Waals surface area contributed by atoms with E-state index < -0.39 is 0 Å². The molecule has 7 nitrogen and oxygen atoms in total. The summed E-state index contributed by atoms with van der Waals surface area (Å²) < 4.78 is 7.43. The quantitative estimate of drug-likeness (QED) is 0.695. The number of nitrogens with one attached hydrogen (secondary N) is 1. The zero-order chi connectivity index (χ0) is 20.2. The van der Waals surface area contributed by atoms with Crippen molar-refractivity contribution in [2.24, 2.45) is 0 Å². The van der Waals surface area contributed by atoms with E-state index in [1.807, 2.05) is 46.8 Å². The Morgan fingerprint density at radius 2 is 2.10 bits per heavy atom. The molecule has 0 radical (unpaired) electrons. The van der Waals surface area contributed by atoms with E-state index in [-0.39, 0.29) is 11.9 Å². The monoisotopic (exact) mass is 393 g/mol. The van der Waals surface area contributed by atoms with Crippen molar-refractivity contribution in [2.75, 3.05) is 26.3 Å². The third-order valence-corrected chi connectivity index (χ3v) is 5.33. The van der Waals surface area contributed by atoms with Gasteiger partial charge in [-0.1, -0.05) is 12.1 Å². The lowest BCUT2D eigenvalue weighted by Gasteiger charge is -2.26. The molecule has 4 rings (SSSR count). The summed E-state index contributed by atoms with van der Waals surface area (Å²) in [5, 5.41) is 3.56. The molecule has 1 aliphatic rings. The van der Waals surface area contributed by atoms with E-state index in [1.165, 1.54) is 5.56 Å². The van der Waals surface area contributed by atoms with Gasteiger partial charge in [0.25, 0.3) is 5.91 Å². The fourth-order valence-electron chi connectivity index (χ4n) is 3.72. The second-order valence-corrected chi connectivity index (χ2v) is 7.54. The first-order valence-electron chi connectivity index (χ1n) is 10.1. The van der Waals surface area contributed by atoms with Gasteiger partial charge in [0.15, 0.2) is 5.69 Å². The lowest BCUT2D eigenvalue weighted by atomic mass is 10.1. The summed E-state index contributed by atoms with van der Waals surface area (Å²) in [6.45, 7) is 7.10. The molecule has 0 aliphatic carbocycles. The highest BCUT2D eigenvalue weighted by atomic mass is 16.5. The molecule has 1 fully saturated rings. The molecule has 3 aromatic rings. The van der Waals surface area contributed by atoms with Gasteiger partial charge in [0, 0.05) is 44.3 Å². The van der Waals surface area contributed by atoms with Crippen LogP contribution in [0.15, 0.2) is 42.9 Å². The van der Waals surface area contributed by atoms with Gasteiger partial charge in [0.05, 0.1) is 18.9 Å². The van der Waals surface area contributed by atoms with E-state index in [1.54, 1.807) is 6.20 Å². The summed E-state index contributed by atoms with van der Waals surface area (Å²) in [6.07, 6.45) is 6.53. The lowest BCUT2D eigenvalue weighted by molar-refractivity contribution is 0.0298. The van der Waals surface area contributed by atoms with Crippen LogP contribution in [0.2, 0.25) is 0 Å². The molecule has 1 atom stereocenters. The summed E-state index contributed by atoms with van der Waals surface area (Å²) in [5.74, 6) is -0.0203. The molecular weight excluding hydrogens is 366 g/mol. The lowest BCUT2D eigenvalue weighted by Crippen LogP contribution is -2.41. The molecule has 1 saturated heterocycles. The number of nitrogens with zero attached hydrogens (tertiary/aromatic N) is 4. The minimum atomic E-state index is -0.0203. The standard InChI is InChI=1S/C22H27N5O2/c1-16-5-4-8-27-19(15-24-17(2)13-18-6-3-7-23-14-18)20(25-21(16)27)22(28)26-9-11-29-12-10-26/h3-8,14,17,24H,9-13,15H2,1-2H3. The van der Waals surface area contributed by atoms with Gasteiger partial charge < -0.3 is 19.4 Å². The van der Waals surface area contributed by atoms with Crippen LogP contribution < -0.4 is 5.32 Å². The Balaban J connectivity index is 1.58. The molecule has 0 spiro atoms. The number of imidazole rings is 1. The molecule has 0 saturated carbocycles. The molecule has 3 aromatic heterocycles. The zero-order valence-corrected chi connectivity index (χ0v) is 17.0. The number of fused-ring (bicyclic) bond motifs is 1. The highest BCUT2D eigenvalue weighted by Crippen LogP contribution is 2.19. The Hall–Kier alpha value is -2.77. The van der Waals surface area contributed by atoms with Crippen molar-refractivity contribution in [1.29, 1.82) is 0 Å². The van der Waals surface area contributed by atoms with Crippen molar-refractivity contribution >= 4 is 11.6 Å². The molecule has 29 heavy (non-hydrogen) atoms. The predicted molar refractivity (Wildman–Crippen MR) is 111 cm³/mol. The van der Waals surface area contributed by atoms with Crippen LogP contribution in [0.3, 0.4) is 0 Å². The summed E-state index contributed by atoms with van der Waals surface area (Å²) in [4.78, 5) is 23.9. The topological polar surface area (TPSA) is 71.8 Å². The average Bonchev–Trinajstić information content (AvgIpc) is 3.13. The maximum absolute atomic E-state index is 13.2. The van der Waals surface area contributed by atoms with Gasteiger partial charge in [-0.25, -0.2) is 4.98 Å². The molecule has 1 N–H and O–H groups in total. The highest BCUT2D eigenvalue weighted by molar-refractivity contribution is 5.94. The Kier molecular flexibility index (Phi) is 5.87. The van der Waals surface area contributed by atoms with Crippen LogP contribution in [0.25, 0.3) is 5.65 Å². The number of amides is 1. The van der Waals surface area contributed by atoms with Crippen LogP contribution in [0.4, 0.5) is 0 Å². The smallest absolute Gasteiger partial charge is 0.274 e. The fourth-order valence-corrected chi connectivity index (χ4v) is 3.72. The minimum absolute atomic E-state index is 0.0203. The normalized spacial score (nSPS) is 15.6. The number of carbonyl (C=O) groups excluding carboxylic acids is 1. The largest absolute Gasteiger partial charge is 0.378 e. The molecule has 152 valence electrons. The van der Waals surface area contributed by atoms with Gasteiger partial charge in [-0.15, -0.1) is 0 Å². The van der Waals surface area contributed by atoms with Crippen molar-refractivity contribution in [2.45, 2.75) is 32.9 Å². The Morgan fingerprint density at radius 1 is 1.28 bits per heavy atom. The number of hydrogen-bond acceptors (Lipinski definition) is 5. The first-order chi connectivity index (χ1) is 14.1. The van der Waals surface area contributed by atoms with E-state index in [4.69, 9.17) is 9.72 Å². The number of aryl methyl sites for hydroxylation is 1. The van der Waals surface area contributed by atoms with Gasteiger partial charge in [0.1, 0.15) is 5.65 Å². The van der Waals surface area contributed by atoms with Gasteiger partial charge >= 0.3 is 0 Å². The highest BCUT2D eigenvalue weighted by Gasteiger charge is 2.25. The summed E-state index contributed by atoms with van der Waals surface area (Å²) >= 11 is 0. The Labute approximate surface area is 170 Å². The molecule has 1 aliphatic heterocycles. The Bertz CT molecular complexity index is 980. The maximum atomic E-state index is 13.2. The van der Waals surface area contributed by atoms with E-state index in [9.17, 15) is 4.79 Å². The zero-order valence-electron chi connectivity index (χ0n) is 17.0. The van der Waals surface area contributed by atoms with E-state index >= 15 is 0 Å².